The van der Waals surface area contributed by atoms with Crippen LogP contribution in [0.4, 0.5) is 0 Å². The van der Waals surface area contributed by atoms with E-state index in [-0.39, 0.29) is 21.5 Å². The number of carbonyl (C=O) groups is 1. The average molecular weight is 551 g/mol. The Bertz CT molecular complexity index is 1300. The minimum Gasteiger partial charge on any atom is -0.493 e. The molecule has 7 nitrogen and oxygen atoms in total. The van der Waals surface area contributed by atoms with Crippen molar-refractivity contribution in [1.29, 1.82) is 0 Å². The van der Waals surface area contributed by atoms with Crippen LogP contribution in [0.5, 0.6) is 11.5 Å². The van der Waals surface area contributed by atoms with Gasteiger partial charge in [-0.2, -0.15) is 4.31 Å². The Kier molecular flexibility index (Phi) is 9.62. The standard InChI is InChI=1S/C26H28Cl2N2O5S/c1-18(20-9-12-23(34-2)24(15-20)35-3)29-26(31)17-30(14-13-19-7-5-4-6-8-19)36(32,33)25-16-21(27)10-11-22(25)28/h4-12,15-16,18H,13-14,17H2,1-3H3,(H,29,31). The van der Waals surface area contributed by atoms with Crippen molar-refractivity contribution in [3.05, 3.63) is 87.9 Å². The molecule has 0 aliphatic heterocycles. The topological polar surface area (TPSA) is 84.9 Å². The van der Waals surface area contributed by atoms with E-state index in [1.807, 2.05) is 36.4 Å². The number of nitrogens with zero attached hydrogens (tertiary/aromatic N) is 1. The molecule has 36 heavy (non-hydrogen) atoms. The molecule has 0 heterocycles. The zero-order chi connectivity index (χ0) is 26.3. The normalized spacial score (nSPS) is 12.3. The summed E-state index contributed by atoms with van der Waals surface area (Å²) in [6.07, 6.45) is 0.413. The Hall–Kier alpha value is -2.78. The summed E-state index contributed by atoms with van der Waals surface area (Å²) < 4.78 is 38.8. The third-order valence-electron chi connectivity index (χ3n) is 5.61. The fourth-order valence-corrected chi connectivity index (χ4v) is 5.78. The molecule has 0 fully saturated rings. The molecule has 10 heteroatoms. The molecule has 0 saturated carbocycles. The molecule has 1 amide bonds. The monoisotopic (exact) mass is 550 g/mol. The SMILES string of the molecule is COc1ccc(C(C)NC(=O)CN(CCc2ccccc2)S(=O)(=O)c2cc(Cl)ccc2Cl)cc1OC. The Morgan fingerprint density at radius 2 is 1.67 bits per heavy atom. The van der Waals surface area contributed by atoms with Gasteiger partial charge in [0, 0.05) is 11.6 Å². The van der Waals surface area contributed by atoms with Gasteiger partial charge < -0.3 is 14.8 Å². The molecule has 3 aromatic rings. The summed E-state index contributed by atoms with van der Waals surface area (Å²) >= 11 is 12.3. The lowest BCUT2D eigenvalue weighted by Crippen LogP contribution is -2.42. The van der Waals surface area contributed by atoms with Crippen molar-refractivity contribution in [2.45, 2.75) is 24.3 Å². The number of methoxy groups -OCH3 is 2. The lowest BCUT2D eigenvalue weighted by Gasteiger charge is -2.24. The quantitative estimate of drug-likeness (QED) is 0.358. The maximum Gasteiger partial charge on any atom is 0.245 e. The minimum absolute atomic E-state index is 0.0308. The first-order chi connectivity index (χ1) is 17.1. The zero-order valence-electron chi connectivity index (χ0n) is 20.2. The summed E-state index contributed by atoms with van der Waals surface area (Å²) in [5.74, 6) is 0.627. The third kappa shape index (κ3) is 6.91. The zero-order valence-corrected chi connectivity index (χ0v) is 22.5. The summed E-state index contributed by atoms with van der Waals surface area (Å²) in [6.45, 7) is 1.48. The summed E-state index contributed by atoms with van der Waals surface area (Å²) in [5, 5.41) is 3.12. The number of ether oxygens (including phenoxy) is 2. The van der Waals surface area contributed by atoms with Crippen molar-refractivity contribution in [3.8, 4) is 11.5 Å². The minimum atomic E-state index is -4.12. The van der Waals surface area contributed by atoms with Crippen molar-refractivity contribution in [2.24, 2.45) is 0 Å². The molecule has 0 bridgehead atoms. The van der Waals surface area contributed by atoms with Gasteiger partial charge in [0.1, 0.15) is 4.90 Å². The van der Waals surface area contributed by atoms with Gasteiger partial charge in [0.05, 0.1) is 31.8 Å². The molecule has 3 rings (SSSR count). The highest BCUT2D eigenvalue weighted by atomic mass is 35.5. The number of halogens is 2. The lowest BCUT2D eigenvalue weighted by atomic mass is 10.1. The van der Waals surface area contributed by atoms with Gasteiger partial charge in [0.2, 0.25) is 15.9 Å². The summed E-state index contributed by atoms with van der Waals surface area (Å²) in [6, 6.07) is 18.6. The first kappa shape index (κ1) is 27.8. The van der Waals surface area contributed by atoms with E-state index in [4.69, 9.17) is 32.7 Å². The van der Waals surface area contributed by atoms with Crippen molar-refractivity contribution >= 4 is 39.1 Å². The first-order valence-electron chi connectivity index (χ1n) is 11.2. The van der Waals surface area contributed by atoms with Crippen LogP contribution < -0.4 is 14.8 Å². The fourth-order valence-electron chi connectivity index (χ4n) is 3.65. The van der Waals surface area contributed by atoms with Gasteiger partial charge in [-0.3, -0.25) is 4.79 Å². The molecule has 0 saturated heterocycles. The van der Waals surface area contributed by atoms with Crippen LogP contribution in [0.1, 0.15) is 24.1 Å². The first-order valence-corrected chi connectivity index (χ1v) is 13.4. The molecular formula is C26H28Cl2N2O5S. The third-order valence-corrected chi connectivity index (χ3v) is 8.17. The molecule has 3 aromatic carbocycles. The number of sulfonamides is 1. The number of hydrogen-bond acceptors (Lipinski definition) is 5. The van der Waals surface area contributed by atoms with E-state index in [1.165, 1.54) is 25.3 Å². The molecule has 1 unspecified atom stereocenters. The molecule has 1 atom stereocenters. The summed E-state index contributed by atoms with van der Waals surface area (Å²) in [4.78, 5) is 12.9. The van der Waals surface area contributed by atoms with Gasteiger partial charge in [-0.25, -0.2) is 8.42 Å². The highest BCUT2D eigenvalue weighted by Crippen LogP contribution is 2.30. The van der Waals surface area contributed by atoms with E-state index >= 15 is 0 Å². The number of benzene rings is 3. The maximum atomic E-state index is 13.5. The highest BCUT2D eigenvalue weighted by Gasteiger charge is 2.29. The highest BCUT2D eigenvalue weighted by molar-refractivity contribution is 7.89. The van der Waals surface area contributed by atoms with Crippen molar-refractivity contribution in [3.63, 3.8) is 0 Å². The van der Waals surface area contributed by atoms with Crippen LogP contribution >= 0.6 is 23.2 Å². The molecule has 1 N–H and O–H groups in total. The van der Waals surface area contributed by atoms with E-state index in [0.717, 1.165) is 15.4 Å². The second kappa shape index (κ2) is 12.5. The Balaban J connectivity index is 1.82. The number of carbonyl (C=O) groups excluding carboxylic acids is 1. The predicted octanol–water partition coefficient (Wildman–Crippen LogP) is 5.12. The predicted molar refractivity (Wildman–Crippen MR) is 141 cm³/mol. The van der Waals surface area contributed by atoms with E-state index < -0.39 is 28.5 Å². The van der Waals surface area contributed by atoms with Crippen molar-refractivity contribution < 1.29 is 22.7 Å². The average Bonchev–Trinajstić information content (AvgIpc) is 2.87. The second-order valence-corrected chi connectivity index (χ2v) is 10.8. The van der Waals surface area contributed by atoms with Crippen molar-refractivity contribution in [2.75, 3.05) is 27.3 Å². The fraction of sp³-hybridized carbons (Fsp3) is 0.269. The maximum absolute atomic E-state index is 13.5. The van der Waals surface area contributed by atoms with Gasteiger partial charge in [0.25, 0.3) is 0 Å². The van der Waals surface area contributed by atoms with Gasteiger partial charge in [-0.15, -0.1) is 0 Å². The molecule has 0 aliphatic carbocycles. The second-order valence-electron chi connectivity index (χ2n) is 8.05. The largest absolute Gasteiger partial charge is 0.493 e. The van der Waals surface area contributed by atoms with Crippen LogP contribution in [0.3, 0.4) is 0 Å². The number of rotatable bonds is 11. The summed E-state index contributed by atoms with van der Waals surface area (Å²) in [7, 11) is -1.05. The van der Waals surface area contributed by atoms with Crippen LogP contribution in [0.15, 0.2) is 71.6 Å². The Labute approximate surface area is 222 Å². The van der Waals surface area contributed by atoms with Gasteiger partial charge in [-0.1, -0.05) is 59.6 Å². The van der Waals surface area contributed by atoms with Crippen LogP contribution in [-0.2, 0) is 21.2 Å². The van der Waals surface area contributed by atoms with E-state index in [1.54, 1.807) is 26.2 Å². The van der Waals surface area contributed by atoms with E-state index in [0.29, 0.717) is 17.9 Å². The van der Waals surface area contributed by atoms with E-state index in [9.17, 15) is 13.2 Å². The van der Waals surface area contributed by atoms with E-state index in [2.05, 4.69) is 5.32 Å². The molecule has 0 spiro atoms. The van der Waals surface area contributed by atoms with Gasteiger partial charge in [-0.05, 0) is 54.8 Å². The number of amides is 1. The van der Waals surface area contributed by atoms with Gasteiger partial charge >= 0.3 is 0 Å². The van der Waals surface area contributed by atoms with Crippen LogP contribution in [-0.4, -0.2) is 45.9 Å². The summed E-state index contributed by atoms with van der Waals surface area (Å²) in [5.41, 5.74) is 1.71. The number of nitrogens with one attached hydrogen (secondary N) is 1. The Morgan fingerprint density at radius 3 is 2.33 bits per heavy atom. The molecule has 0 radical (unpaired) electrons. The lowest BCUT2D eigenvalue weighted by molar-refractivity contribution is -0.121. The molecule has 192 valence electrons. The number of hydrogen-bond donors (Lipinski definition) is 1. The van der Waals surface area contributed by atoms with Crippen LogP contribution in [0, 0.1) is 0 Å². The molecule has 0 aromatic heterocycles. The van der Waals surface area contributed by atoms with Crippen LogP contribution in [0.2, 0.25) is 10.0 Å². The smallest absolute Gasteiger partial charge is 0.245 e. The van der Waals surface area contributed by atoms with Gasteiger partial charge in [0.15, 0.2) is 11.5 Å². The van der Waals surface area contributed by atoms with Crippen molar-refractivity contribution in [1.82, 2.24) is 9.62 Å². The van der Waals surface area contributed by atoms with Crippen LogP contribution in [0.25, 0.3) is 0 Å². The Morgan fingerprint density at radius 1 is 0.972 bits per heavy atom. The molecule has 0 aliphatic rings. The molecular weight excluding hydrogens is 523 g/mol.